The van der Waals surface area contributed by atoms with Gasteiger partial charge in [-0.1, -0.05) is 12.1 Å². The van der Waals surface area contributed by atoms with Gasteiger partial charge in [-0.2, -0.15) is 0 Å². The van der Waals surface area contributed by atoms with Gasteiger partial charge in [0.05, 0.1) is 25.3 Å². The van der Waals surface area contributed by atoms with E-state index in [9.17, 15) is 4.79 Å². The molecule has 1 fully saturated rings. The largest absolute Gasteiger partial charge is 0.493 e. The maximum absolute atomic E-state index is 13.1. The fourth-order valence-corrected chi connectivity index (χ4v) is 3.37. The maximum atomic E-state index is 13.1. The van der Waals surface area contributed by atoms with E-state index in [2.05, 4.69) is 9.97 Å². The molecule has 1 aliphatic rings. The van der Waals surface area contributed by atoms with Crippen LogP contribution in [-0.2, 0) is 17.8 Å². The number of rotatable bonds is 7. The van der Waals surface area contributed by atoms with Crippen LogP contribution in [-0.4, -0.2) is 33.4 Å². The second-order valence-corrected chi connectivity index (χ2v) is 6.68. The number of hydrogen-bond acceptors (Lipinski definition) is 3. The minimum absolute atomic E-state index is 0.144. The van der Waals surface area contributed by atoms with Crippen molar-refractivity contribution < 1.29 is 9.53 Å². The lowest BCUT2D eigenvalue weighted by Gasteiger charge is -2.22. The highest BCUT2D eigenvalue weighted by molar-refractivity contribution is 5.93. The number of nitrogens with one attached hydrogen (secondary N) is 1. The van der Waals surface area contributed by atoms with Crippen LogP contribution >= 0.6 is 0 Å². The number of carbonyl (C=O) groups is 1. The number of carbonyl (C=O) groups excluding carboxylic acids is 1. The van der Waals surface area contributed by atoms with Crippen molar-refractivity contribution in [1.82, 2.24) is 14.9 Å². The highest BCUT2D eigenvalue weighted by Gasteiger charge is 2.33. The van der Waals surface area contributed by atoms with Crippen LogP contribution in [0.4, 0.5) is 0 Å². The Hall–Kier alpha value is -2.82. The summed E-state index contributed by atoms with van der Waals surface area (Å²) in [6.45, 7) is 3.15. The number of hydrogen-bond donors (Lipinski definition) is 1. The third-order valence-electron chi connectivity index (χ3n) is 4.76. The molecule has 5 nitrogen and oxygen atoms in total. The van der Waals surface area contributed by atoms with E-state index in [0.717, 1.165) is 40.8 Å². The number of H-pyrrole nitrogens is 1. The fraction of sp³-hybridized carbons (Fsp3) is 0.333. The molecule has 4 rings (SSSR count). The van der Waals surface area contributed by atoms with E-state index in [1.807, 2.05) is 54.4 Å². The van der Waals surface area contributed by atoms with Gasteiger partial charge in [0.1, 0.15) is 5.75 Å². The molecule has 2 aromatic heterocycles. The van der Waals surface area contributed by atoms with Crippen molar-refractivity contribution in [3.63, 3.8) is 0 Å². The highest BCUT2D eigenvalue weighted by atomic mass is 16.5. The third-order valence-corrected chi connectivity index (χ3v) is 4.76. The minimum Gasteiger partial charge on any atom is -0.493 e. The van der Waals surface area contributed by atoms with Gasteiger partial charge in [0, 0.05) is 29.3 Å². The standard InChI is InChI=1S/C21H23N3O2/c1-2-26-19-8-5-7-18-21(19)15(13-23-18)12-20(25)24(17-9-10-17)14-16-6-3-4-11-22-16/h3-8,11,13,17,23H,2,9-10,12,14H2,1H3. The van der Waals surface area contributed by atoms with Gasteiger partial charge in [-0.25, -0.2) is 0 Å². The first-order chi connectivity index (χ1) is 12.8. The molecule has 0 radical (unpaired) electrons. The Morgan fingerprint density at radius 3 is 2.88 bits per heavy atom. The molecule has 2 heterocycles. The molecule has 0 atom stereocenters. The summed E-state index contributed by atoms with van der Waals surface area (Å²) in [6.07, 6.45) is 6.23. The molecule has 1 aliphatic carbocycles. The Kier molecular flexibility index (Phi) is 4.61. The zero-order chi connectivity index (χ0) is 17.9. The number of amides is 1. The number of pyridine rings is 1. The fourth-order valence-electron chi connectivity index (χ4n) is 3.37. The number of benzene rings is 1. The van der Waals surface area contributed by atoms with Crippen LogP contribution in [0, 0.1) is 0 Å². The van der Waals surface area contributed by atoms with E-state index < -0.39 is 0 Å². The molecule has 0 unspecified atom stereocenters. The van der Waals surface area contributed by atoms with Gasteiger partial charge in [-0.15, -0.1) is 0 Å². The number of ether oxygens (including phenoxy) is 1. The molecule has 3 aromatic rings. The van der Waals surface area contributed by atoms with Gasteiger partial charge >= 0.3 is 0 Å². The predicted octanol–water partition coefficient (Wildman–Crippen LogP) is 3.70. The smallest absolute Gasteiger partial charge is 0.227 e. The normalized spacial score (nSPS) is 13.7. The van der Waals surface area contributed by atoms with Crippen molar-refractivity contribution in [2.24, 2.45) is 0 Å². The molecule has 1 aromatic carbocycles. The highest BCUT2D eigenvalue weighted by Crippen LogP contribution is 2.32. The molecule has 134 valence electrons. The molecular formula is C21H23N3O2. The molecule has 5 heteroatoms. The first-order valence-corrected chi connectivity index (χ1v) is 9.17. The van der Waals surface area contributed by atoms with Gasteiger partial charge < -0.3 is 14.6 Å². The Morgan fingerprint density at radius 2 is 2.15 bits per heavy atom. The summed E-state index contributed by atoms with van der Waals surface area (Å²) in [5.74, 6) is 0.974. The molecule has 0 aliphatic heterocycles. The number of fused-ring (bicyclic) bond motifs is 1. The molecule has 1 amide bonds. The topological polar surface area (TPSA) is 58.2 Å². The molecule has 0 bridgehead atoms. The van der Waals surface area contributed by atoms with Crippen LogP contribution in [0.3, 0.4) is 0 Å². The second-order valence-electron chi connectivity index (χ2n) is 6.68. The molecule has 0 spiro atoms. The van der Waals surface area contributed by atoms with Crippen molar-refractivity contribution in [2.45, 2.75) is 38.8 Å². The number of aromatic amines is 1. The molecule has 1 saturated carbocycles. The lowest BCUT2D eigenvalue weighted by atomic mass is 10.1. The average Bonchev–Trinajstić information content (AvgIpc) is 3.42. The number of aromatic nitrogens is 2. The Morgan fingerprint density at radius 1 is 1.27 bits per heavy atom. The molecule has 1 N–H and O–H groups in total. The maximum Gasteiger partial charge on any atom is 0.227 e. The van der Waals surface area contributed by atoms with Gasteiger partial charge in [-0.05, 0) is 49.6 Å². The zero-order valence-corrected chi connectivity index (χ0v) is 14.9. The van der Waals surface area contributed by atoms with Crippen LogP contribution < -0.4 is 4.74 Å². The lowest BCUT2D eigenvalue weighted by molar-refractivity contribution is -0.131. The van der Waals surface area contributed by atoms with Crippen LogP contribution in [0.25, 0.3) is 10.9 Å². The number of nitrogens with zero attached hydrogens (tertiary/aromatic N) is 2. The zero-order valence-electron chi connectivity index (χ0n) is 14.9. The van der Waals surface area contributed by atoms with E-state index in [1.165, 1.54) is 0 Å². The summed E-state index contributed by atoms with van der Waals surface area (Å²) >= 11 is 0. The molecule has 26 heavy (non-hydrogen) atoms. The quantitative estimate of drug-likeness (QED) is 0.708. The minimum atomic E-state index is 0.144. The van der Waals surface area contributed by atoms with Crippen molar-refractivity contribution in [3.8, 4) is 5.75 Å². The van der Waals surface area contributed by atoms with Crippen molar-refractivity contribution in [1.29, 1.82) is 0 Å². The summed E-state index contributed by atoms with van der Waals surface area (Å²) in [4.78, 5) is 22.7. The molecule has 0 saturated heterocycles. The van der Waals surface area contributed by atoms with Gasteiger partial charge in [-0.3, -0.25) is 9.78 Å². The van der Waals surface area contributed by atoms with Crippen LogP contribution in [0.5, 0.6) is 5.75 Å². The van der Waals surface area contributed by atoms with E-state index in [4.69, 9.17) is 4.74 Å². The SMILES string of the molecule is CCOc1cccc2[nH]cc(CC(=O)N(Cc3ccccn3)C3CC3)c12. The summed E-state index contributed by atoms with van der Waals surface area (Å²) < 4.78 is 5.76. The van der Waals surface area contributed by atoms with Crippen LogP contribution in [0.2, 0.25) is 0 Å². The third kappa shape index (κ3) is 3.43. The Labute approximate surface area is 153 Å². The summed E-state index contributed by atoms with van der Waals surface area (Å²) in [7, 11) is 0. The van der Waals surface area contributed by atoms with Gasteiger partial charge in [0.15, 0.2) is 0 Å². The van der Waals surface area contributed by atoms with Crippen molar-refractivity contribution >= 4 is 16.8 Å². The molecular weight excluding hydrogens is 326 g/mol. The monoisotopic (exact) mass is 349 g/mol. The lowest BCUT2D eigenvalue weighted by Crippen LogP contribution is -2.34. The van der Waals surface area contributed by atoms with Gasteiger partial charge in [0.2, 0.25) is 5.91 Å². The van der Waals surface area contributed by atoms with E-state index in [-0.39, 0.29) is 5.91 Å². The van der Waals surface area contributed by atoms with Gasteiger partial charge in [0.25, 0.3) is 0 Å². The Balaban J connectivity index is 1.57. The first-order valence-electron chi connectivity index (χ1n) is 9.17. The van der Waals surface area contributed by atoms with Crippen molar-refractivity contribution in [2.75, 3.05) is 6.61 Å². The second kappa shape index (κ2) is 7.20. The summed E-state index contributed by atoms with van der Waals surface area (Å²) in [5.41, 5.74) is 2.92. The van der Waals surface area contributed by atoms with E-state index in [0.29, 0.717) is 25.6 Å². The van der Waals surface area contributed by atoms with E-state index in [1.54, 1.807) is 6.20 Å². The first kappa shape index (κ1) is 16.6. The van der Waals surface area contributed by atoms with E-state index >= 15 is 0 Å². The predicted molar refractivity (Wildman–Crippen MR) is 101 cm³/mol. The van der Waals surface area contributed by atoms with Crippen molar-refractivity contribution in [3.05, 3.63) is 60.0 Å². The van der Waals surface area contributed by atoms with Crippen LogP contribution in [0.15, 0.2) is 48.8 Å². The Bertz CT molecular complexity index is 900. The summed E-state index contributed by atoms with van der Waals surface area (Å²) in [6, 6.07) is 12.1. The van der Waals surface area contributed by atoms with Crippen LogP contribution in [0.1, 0.15) is 31.0 Å². The summed E-state index contributed by atoms with van der Waals surface area (Å²) in [5, 5.41) is 1.01. The average molecular weight is 349 g/mol.